The number of benzene rings is 2. The standard InChI is InChI=1S/C25H27NO5/c1-5-12-26-22(16-9-11-19(29-6-2)20(14-16)30-7-3)21-23(27)17-13-15(4)8-10-18(17)31-24(21)25(26)28/h8-11,13-14,22H,5-7,12H2,1-4H3. The zero-order valence-corrected chi connectivity index (χ0v) is 18.4. The van der Waals surface area contributed by atoms with Crippen LogP contribution in [-0.4, -0.2) is 30.6 Å². The zero-order chi connectivity index (χ0) is 22.1. The third kappa shape index (κ3) is 3.56. The van der Waals surface area contributed by atoms with Crippen LogP contribution < -0.4 is 14.9 Å². The second-order valence-corrected chi connectivity index (χ2v) is 7.65. The lowest BCUT2D eigenvalue weighted by Gasteiger charge is -2.25. The van der Waals surface area contributed by atoms with E-state index in [2.05, 4.69) is 0 Å². The zero-order valence-electron chi connectivity index (χ0n) is 18.4. The van der Waals surface area contributed by atoms with Gasteiger partial charge in [0.2, 0.25) is 5.76 Å². The van der Waals surface area contributed by atoms with E-state index < -0.39 is 6.04 Å². The highest BCUT2D eigenvalue weighted by Gasteiger charge is 2.42. The summed E-state index contributed by atoms with van der Waals surface area (Å²) in [6.45, 7) is 9.26. The molecular weight excluding hydrogens is 394 g/mol. The van der Waals surface area contributed by atoms with Crippen LogP contribution in [0.2, 0.25) is 0 Å². The molecule has 0 N–H and O–H groups in total. The van der Waals surface area contributed by atoms with Crippen molar-refractivity contribution in [2.24, 2.45) is 0 Å². The van der Waals surface area contributed by atoms with Gasteiger partial charge in [0.15, 0.2) is 16.9 Å². The lowest BCUT2D eigenvalue weighted by molar-refractivity contribution is 0.0728. The molecule has 0 radical (unpaired) electrons. The molecular formula is C25H27NO5. The van der Waals surface area contributed by atoms with E-state index in [-0.39, 0.29) is 17.1 Å². The average molecular weight is 421 g/mol. The number of hydrogen-bond acceptors (Lipinski definition) is 5. The van der Waals surface area contributed by atoms with Gasteiger partial charge in [-0.05, 0) is 57.0 Å². The van der Waals surface area contributed by atoms with Crippen LogP contribution in [0.4, 0.5) is 0 Å². The predicted molar refractivity (Wildman–Crippen MR) is 119 cm³/mol. The molecule has 2 heterocycles. The summed E-state index contributed by atoms with van der Waals surface area (Å²) in [5, 5.41) is 0.492. The van der Waals surface area contributed by atoms with E-state index in [9.17, 15) is 9.59 Å². The summed E-state index contributed by atoms with van der Waals surface area (Å²) in [6, 6.07) is 10.5. The molecule has 0 saturated heterocycles. The molecule has 1 aliphatic rings. The molecule has 0 spiro atoms. The number of nitrogens with zero attached hydrogens (tertiary/aromatic N) is 1. The Hall–Kier alpha value is -3.28. The maximum Gasteiger partial charge on any atom is 0.290 e. The molecule has 0 fully saturated rings. The van der Waals surface area contributed by atoms with Crippen LogP contribution in [0.15, 0.2) is 45.6 Å². The van der Waals surface area contributed by atoms with Crippen molar-refractivity contribution < 1.29 is 18.7 Å². The van der Waals surface area contributed by atoms with Crippen LogP contribution in [0.5, 0.6) is 11.5 Å². The molecule has 1 aromatic heterocycles. The fourth-order valence-corrected chi connectivity index (χ4v) is 4.19. The van der Waals surface area contributed by atoms with Crippen LogP contribution in [0.3, 0.4) is 0 Å². The SMILES string of the molecule is CCCN1C(=O)c2oc3ccc(C)cc3c(=O)c2C1c1ccc(OCC)c(OCC)c1. The van der Waals surface area contributed by atoms with E-state index in [1.165, 1.54) is 0 Å². The summed E-state index contributed by atoms with van der Waals surface area (Å²) in [5.41, 5.74) is 2.42. The lowest BCUT2D eigenvalue weighted by Crippen LogP contribution is -2.30. The van der Waals surface area contributed by atoms with E-state index >= 15 is 0 Å². The molecule has 3 aromatic rings. The summed E-state index contributed by atoms with van der Waals surface area (Å²) in [7, 11) is 0. The molecule has 2 aromatic carbocycles. The van der Waals surface area contributed by atoms with Crippen LogP contribution in [-0.2, 0) is 0 Å². The van der Waals surface area contributed by atoms with Crippen LogP contribution in [0.25, 0.3) is 11.0 Å². The van der Waals surface area contributed by atoms with Gasteiger partial charge in [-0.25, -0.2) is 0 Å². The van der Waals surface area contributed by atoms with Crippen molar-refractivity contribution in [1.29, 1.82) is 0 Å². The topological polar surface area (TPSA) is 69.0 Å². The van der Waals surface area contributed by atoms with Crippen molar-refractivity contribution in [1.82, 2.24) is 4.90 Å². The van der Waals surface area contributed by atoms with Gasteiger partial charge in [0, 0.05) is 6.54 Å². The molecule has 1 unspecified atom stereocenters. The van der Waals surface area contributed by atoms with Gasteiger partial charge in [-0.2, -0.15) is 0 Å². The molecule has 1 aliphatic heterocycles. The van der Waals surface area contributed by atoms with Crippen molar-refractivity contribution in [2.75, 3.05) is 19.8 Å². The Morgan fingerprint density at radius 1 is 0.968 bits per heavy atom. The number of amides is 1. The molecule has 1 amide bonds. The lowest BCUT2D eigenvalue weighted by atomic mass is 9.97. The van der Waals surface area contributed by atoms with Crippen molar-refractivity contribution >= 4 is 16.9 Å². The minimum atomic E-state index is -0.529. The third-order valence-electron chi connectivity index (χ3n) is 5.47. The van der Waals surface area contributed by atoms with E-state index in [4.69, 9.17) is 13.9 Å². The number of ether oxygens (including phenoxy) is 2. The van der Waals surface area contributed by atoms with Crippen LogP contribution in [0.1, 0.15) is 60.5 Å². The molecule has 6 nitrogen and oxygen atoms in total. The van der Waals surface area contributed by atoms with Gasteiger partial charge in [-0.1, -0.05) is 24.6 Å². The number of fused-ring (bicyclic) bond motifs is 2. The van der Waals surface area contributed by atoms with Gasteiger partial charge in [0.1, 0.15) is 5.58 Å². The highest BCUT2D eigenvalue weighted by Crippen LogP contribution is 2.41. The second-order valence-electron chi connectivity index (χ2n) is 7.65. The molecule has 0 bridgehead atoms. The number of carbonyl (C=O) groups is 1. The smallest absolute Gasteiger partial charge is 0.290 e. The minimum absolute atomic E-state index is 0.131. The van der Waals surface area contributed by atoms with Gasteiger partial charge in [0.05, 0.1) is 30.2 Å². The van der Waals surface area contributed by atoms with Crippen molar-refractivity contribution in [2.45, 2.75) is 40.2 Å². The van der Waals surface area contributed by atoms with Crippen molar-refractivity contribution in [3.63, 3.8) is 0 Å². The molecule has 6 heteroatoms. The molecule has 0 saturated carbocycles. The quantitative estimate of drug-likeness (QED) is 0.545. The number of carbonyl (C=O) groups excluding carboxylic acids is 1. The summed E-state index contributed by atoms with van der Waals surface area (Å²) < 4.78 is 17.4. The Kier molecular flexibility index (Phi) is 5.72. The summed E-state index contributed by atoms with van der Waals surface area (Å²) in [6.07, 6.45) is 0.762. The van der Waals surface area contributed by atoms with Gasteiger partial charge < -0.3 is 18.8 Å². The van der Waals surface area contributed by atoms with Gasteiger partial charge in [-0.3, -0.25) is 9.59 Å². The first-order valence-corrected chi connectivity index (χ1v) is 10.8. The molecule has 1 atom stereocenters. The maximum absolute atomic E-state index is 13.5. The Morgan fingerprint density at radius 2 is 1.71 bits per heavy atom. The normalized spacial score (nSPS) is 15.4. The highest BCUT2D eigenvalue weighted by atomic mass is 16.5. The summed E-state index contributed by atoms with van der Waals surface area (Å²) in [4.78, 5) is 28.5. The Morgan fingerprint density at radius 3 is 2.42 bits per heavy atom. The molecule has 162 valence electrons. The van der Waals surface area contributed by atoms with E-state index in [0.29, 0.717) is 47.8 Å². The minimum Gasteiger partial charge on any atom is -0.490 e. The van der Waals surface area contributed by atoms with Gasteiger partial charge >= 0.3 is 0 Å². The summed E-state index contributed by atoms with van der Waals surface area (Å²) in [5.74, 6) is 1.11. The first-order chi connectivity index (χ1) is 15.0. The fraction of sp³-hybridized carbons (Fsp3) is 0.360. The van der Waals surface area contributed by atoms with Crippen molar-refractivity contribution in [3.8, 4) is 11.5 Å². The molecule has 4 rings (SSSR count). The van der Waals surface area contributed by atoms with E-state index in [1.54, 1.807) is 11.0 Å². The fourth-order valence-electron chi connectivity index (χ4n) is 4.19. The largest absolute Gasteiger partial charge is 0.490 e. The maximum atomic E-state index is 13.5. The first-order valence-electron chi connectivity index (χ1n) is 10.8. The first kappa shape index (κ1) is 21.0. The summed E-state index contributed by atoms with van der Waals surface area (Å²) >= 11 is 0. The van der Waals surface area contributed by atoms with Gasteiger partial charge in [0.25, 0.3) is 5.91 Å². The van der Waals surface area contributed by atoms with E-state index in [1.807, 2.05) is 58.0 Å². The van der Waals surface area contributed by atoms with Crippen LogP contribution >= 0.6 is 0 Å². The van der Waals surface area contributed by atoms with Crippen molar-refractivity contribution in [3.05, 3.63) is 69.1 Å². The Balaban J connectivity index is 1.94. The Labute approximate surface area is 181 Å². The highest BCUT2D eigenvalue weighted by molar-refractivity contribution is 5.99. The number of aryl methyl sites for hydroxylation is 1. The average Bonchev–Trinajstić information content (AvgIpc) is 3.03. The monoisotopic (exact) mass is 421 g/mol. The molecule has 0 aliphatic carbocycles. The third-order valence-corrected chi connectivity index (χ3v) is 5.47. The van der Waals surface area contributed by atoms with Crippen LogP contribution in [0, 0.1) is 6.92 Å². The van der Waals surface area contributed by atoms with Gasteiger partial charge in [-0.15, -0.1) is 0 Å². The number of hydrogen-bond donors (Lipinski definition) is 0. The van der Waals surface area contributed by atoms with E-state index in [0.717, 1.165) is 17.5 Å². The predicted octanol–water partition coefficient (Wildman–Crippen LogP) is 4.85. The number of rotatable bonds is 7. The second kappa shape index (κ2) is 8.46. The molecule has 31 heavy (non-hydrogen) atoms. The Bertz CT molecular complexity index is 1200.